The zero-order chi connectivity index (χ0) is 14.7. The van der Waals surface area contributed by atoms with Crippen molar-refractivity contribution in [2.24, 2.45) is 5.84 Å². The molecule has 0 aliphatic carbocycles. The van der Waals surface area contributed by atoms with Gasteiger partial charge in [-0.1, -0.05) is 23.7 Å². The Hall–Kier alpha value is -1.14. The van der Waals surface area contributed by atoms with Crippen LogP contribution >= 0.6 is 22.9 Å². The highest BCUT2D eigenvalue weighted by molar-refractivity contribution is 7.10. The van der Waals surface area contributed by atoms with Crippen molar-refractivity contribution in [2.45, 2.75) is 19.4 Å². The minimum atomic E-state index is -0.361. The Balaban J connectivity index is 2.29. The van der Waals surface area contributed by atoms with Crippen LogP contribution in [0.1, 0.15) is 22.0 Å². The third-order valence-electron chi connectivity index (χ3n) is 3.13. The van der Waals surface area contributed by atoms with Gasteiger partial charge < -0.3 is 4.74 Å². The topological polar surface area (TPSA) is 47.3 Å². The van der Waals surface area contributed by atoms with Gasteiger partial charge in [-0.3, -0.25) is 11.3 Å². The third-order valence-corrected chi connectivity index (χ3v) is 4.96. The predicted octanol–water partition coefficient (Wildman–Crippen LogP) is 3.60. The highest BCUT2D eigenvalue weighted by Gasteiger charge is 2.20. The molecule has 0 amide bonds. The largest absolute Gasteiger partial charge is 0.494 e. The van der Waals surface area contributed by atoms with Crippen LogP contribution in [0.4, 0.5) is 4.39 Å². The molecule has 1 aromatic carbocycles. The standard InChI is InChI=1S/C14H16ClFN2OS/c1-8-7-20-14(12(8)15)10(18-17)6-9-4-3-5-11(19-2)13(9)16/h3-5,7,10,18H,6,17H2,1-2H3. The Labute approximate surface area is 126 Å². The van der Waals surface area contributed by atoms with Gasteiger partial charge in [-0.15, -0.1) is 11.3 Å². The fraction of sp³-hybridized carbons (Fsp3) is 0.286. The first-order valence-electron chi connectivity index (χ1n) is 6.09. The van der Waals surface area contributed by atoms with E-state index in [0.29, 0.717) is 17.0 Å². The van der Waals surface area contributed by atoms with E-state index in [4.69, 9.17) is 22.2 Å². The van der Waals surface area contributed by atoms with Crippen molar-refractivity contribution in [1.82, 2.24) is 5.43 Å². The van der Waals surface area contributed by atoms with Gasteiger partial charge in [0.15, 0.2) is 11.6 Å². The molecule has 0 saturated heterocycles. The van der Waals surface area contributed by atoms with E-state index in [-0.39, 0.29) is 17.6 Å². The van der Waals surface area contributed by atoms with Crippen LogP contribution in [0.2, 0.25) is 5.02 Å². The van der Waals surface area contributed by atoms with E-state index in [1.54, 1.807) is 18.2 Å². The number of hydrogen-bond donors (Lipinski definition) is 2. The van der Waals surface area contributed by atoms with Gasteiger partial charge in [0.2, 0.25) is 0 Å². The van der Waals surface area contributed by atoms with Crippen LogP contribution in [0, 0.1) is 12.7 Å². The molecule has 0 aliphatic heterocycles. The highest BCUT2D eigenvalue weighted by atomic mass is 35.5. The number of rotatable bonds is 5. The molecule has 1 aromatic heterocycles. The lowest BCUT2D eigenvalue weighted by atomic mass is 10.0. The van der Waals surface area contributed by atoms with Crippen molar-refractivity contribution in [1.29, 1.82) is 0 Å². The van der Waals surface area contributed by atoms with E-state index >= 15 is 0 Å². The molecule has 0 bridgehead atoms. The molecule has 1 heterocycles. The summed E-state index contributed by atoms with van der Waals surface area (Å²) in [4.78, 5) is 0.911. The fourth-order valence-corrected chi connectivity index (χ4v) is 3.39. The highest BCUT2D eigenvalue weighted by Crippen LogP contribution is 2.34. The number of benzene rings is 1. The SMILES string of the molecule is COc1cccc(CC(NN)c2scc(C)c2Cl)c1F. The van der Waals surface area contributed by atoms with Gasteiger partial charge in [0, 0.05) is 4.88 Å². The number of nitrogens with one attached hydrogen (secondary N) is 1. The minimum absolute atomic E-state index is 0.228. The summed E-state index contributed by atoms with van der Waals surface area (Å²) in [6, 6.07) is 4.83. The van der Waals surface area contributed by atoms with Gasteiger partial charge in [-0.25, -0.2) is 4.39 Å². The summed E-state index contributed by atoms with van der Waals surface area (Å²) in [7, 11) is 1.44. The Morgan fingerprint density at radius 1 is 1.50 bits per heavy atom. The van der Waals surface area contributed by atoms with E-state index in [1.165, 1.54) is 18.4 Å². The van der Waals surface area contributed by atoms with Crippen molar-refractivity contribution in [3.8, 4) is 5.75 Å². The molecule has 0 spiro atoms. The maximum atomic E-state index is 14.2. The van der Waals surface area contributed by atoms with E-state index in [1.807, 2.05) is 12.3 Å². The van der Waals surface area contributed by atoms with Crippen LogP contribution in [0.3, 0.4) is 0 Å². The van der Waals surface area contributed by atoms with E-state index in [2.05, 4.69) is 5.43 Å². The number of ether oxygens (including phenoxy) is 1. The quantitative estimate of drug-likeness (QED) is 0.655. The molecule has 0 fully saturated rings. The average Bonchev–Trinajstić information content (AvgIpc) is 2.78. The van der Waals surface area contributed by atoms with E-state index in [9.17, 15) is 4.39 Å². The summed E-state index contributed by atoms with van der Waals surface area (Å²) in [5, 5.41) is 2.64. The lowest BCUT2D eigenvalue weighted by Gasteiger charge is -2.16. The van der Waals surface area contributed by atoms with Gasteiger partial charge in [-0.2, -0.15) is 0 Å². The number of methoxy groups -OCH3 is 1. The van der Waals surface area contributed by atoms with Crippen LogP contribution in [0.5, 0.6) is 5.75 Å². The predicted molar refractivity (Wildman–Crippen MR) is 80.8 cm³/mol. The van der Waals surface area contributed by atoms with Crippen molar-refractivity contribution >= 4 is 22.9 Å². The van der Waals surface area contributed by atoms with Crippen molar-refractivity contribution in [2.75, 3.05) is 7.11 Å². The molecule has 3 nitrogen and oxygen atoms in total. The molecular weight excluding hydrogens is 299 g/mol. The summed E-state index contributed by atoms with van der Waals surface area (Å²) < 4.78 is 19.2. The number of hydrogen-bond acceptors (Lipinski definition) is 4. The van der Waals surface area contributed by atoms with Gasteiger partial charge >= 0.3 is 0 Å². The second kappa shape index (κ2) is 6.54. The number of aryl methyl sites for hydroxylation is 1. The van der Waals surface area contributed by atoms with Gasteiger partial charge in [0.25, 0.3) is 0 Å². The van der Waals surface area contributed by atoms with Crippen LogP contribution in [-0.2, 0) is 6.42 Å². The van der Waals surface area contributed by atoms with Crippen LogP contribution < -0.4 is 16.0 Å². The molecule has 3 N–H and O–H groups in total. The molecule has 20 heavy (non-hydrogen) atoms. The summed E-state index contributed by atoms with van der Waals surface area (Å²) in [6.07, 6.45) is 0.402. The van der Waals surface area contributed by atoms with Crippen LogP contribution in [0.25, 0.3) is 0 Å². The molecule has 2 aromatic rings. The number of halogens is 2. The van der Waals surface area contributed by atoms with E-state index < -0.39 is 0 Å². The second-order valence-electron chi connectivity index (χ2n) is 4.45. The Morgan fingerprint density at radius 3 is 2.80 bits per heavy atom. The van der Waals surface area contributed by atoms with Crippen molar-refractivity contribution in [3.05, 3.63) is 50.4 Å². The summed E-state index contributed by atoms with van der Waals surface area (Å²) in [5.74, 6) is 5.46. The second-order valence-corrected chi connectivity index (χ2v) is 5.74. The Kier molecular flexibility index (Phi) is 4.99. The monoisotopic (exact) mass is 314 g/mol. The maximum absolute atomic E-state index is 14.2. The molecule has 6 heteroatoms. The number of thiophene rings is 1. The van der Waals surface area contributed by atoms with Gasteiger partial charge in [0.05, 0.1) is 18.2 Å². The van der Waals surface area contributed by atoms with Gasteiger partial charge in [-0.05, 0) is 35.9 Å². The molecule has 0 aliphatic rings. The lowest BCUT2D eigenvalue weighted by Crippen LogP contribution is -2.29. The maximum Gasteiger partial charge on any atom is 0.168 e. The molecule has 0 saturated carbocycles. The molecule has 108 valence electrons. The van der Waals surface area contributed by atoms with Crippen molar-refractivity contribution in [3.63, 3.8) is 0 Å². The first kappa shape index (κ1) is 15.3. The van der Waals surface area contributed by atoms with Crippen molar-refractivity contribution < 1.29 is 9.13 Å². The molecule has 1 atom stereocenters. The zero-order valence-electron chi connectivity index (χ0n) is 11.2. The Bertz CT molecular complexity index is 603. The third kappa shape index (κ3) is 2.96. The number of hydrazine groups is 1. The first-order valence-corrected chi connectivity index (χ1v) is 7.35. The molecular formula is C14H16ClFN2OS. The zero-order valence-corrected chi connectivity index (χ0v) is 12.8. The summed E-state index contributed by atoms with van der Waals surface area (Å²) in [6.45, 7) is 1.93. The smallest absolute Gasteiger partial charge is 0.168 e. The minimum Gasteiger partial charge on any atom is -0.494 e. The lowest BCUT2D eigenvalue weighted by molar-refractivity contribution is 0.382. The van der Waals surface area contributed by atoms with Gasteiger partial charge in [0.1, 0.15) is 0 Å². The van der Waals surface area contributed by atoms with E-state index in [0.717, 1.165) is 10.4 Å². The fourth-order valence-electron chi connectivity index (χ4n) is 2.00. The summed E-state index contributed by atoms with van der Waals surface area (Å²) in [5.41, 5.74) is 4.24. The first-order chi connectivity index (χ1) is 9.58. The molecule has 2 rings (SSSR count). The van der Waals surface area contributed by atoms with Crippen LogP contribution in [0.15, 0.2) is 23.6 Å². The Morgan fingerprint density at radius 2 is 2.25 bits per heavy atom. The normalized spacial score (nSPS) is 12.4. The van der Waals surface area contributed by atoms with Crippen LogP contribution in [-0.4, -0.2) is 7.11 Å². The number of nitrogens with two attached hydrogens (primary N) is 1. The summed E-state index contributed by atoms with van der Waals surface area (Å²) >= 11 is 7.76. The molecule has 0 radical (unpaired) electrons. The molecule has 1 unspecified atom stereocenters. The average molecular weight is 315 g/mol.